The standard InChI is InChI=1S/C32H28F5N5O4/c1-16-14-46-28-22(16)12-25(39-27(28)18-3-6-23-17(9-18)7-8-41(23)30(33)34)31(44,32(35,36)37)15-38-29(43)19-10-20-13-42(21-4-5-21)40-26(20)24(11-19)45-2/h3,6-13,16,21,30,44H,4-5,14-15H2,1-2H3,(H,38,43)/t16-,31+/m1/s1. The van der Waals surface area contributed by atoms with Crippen LogP contribution in [0.2, 0.25) is 0 Å². The van der Waals surface area contributed by atoms with Gasteiger partial charge in [-0.05, 0) is 49.2 Å². The van der Waals surface area contributed by atoms with Crippen LogP contribution >= 0.6 is 0 Å². The molecule has 0 spiro atoms. The molecule has 0 saturated heterocycles. The minimum atomic E-state index is -5.26. The topological polar surface area (TPSA) is 103 Å². The molecule has 1 amide bonds. The Morgan fingerprint density at radius 2 is 1.93 bits per heavy atom. The minimum absolute atomic E-state index is 0.0143. The molecule has 2 aliphatic rings. The van der Waals surface area contributed by atoms with Crippen molar-refractivity contribution in [1.82, 2.24) is 24.6 Å². The number of nitrogens with one attached hydrogen (secondary N) is 1. The van der Waals surface area contributed by atoms with Crippen LogP contribution in [0.4, 0.5) is 22.0 Å². The molecule has 2 N–H and O–H groups in total. The number of methoxy groups -OCH3 is 1. The lowest BCUT2D eigenvalue weighted by atomic mass is 9.92. The predicted octanol–water partition coefficient (Wildman–Crippen LogP) is 6.47. The van der Waals surface area contributed by atoms with Crippen LogP contribution in [0.25, 0.3) is 33.1 Å². The number of halogens is 5. The van der Waals surface area contributed by atoms with E-state index in [1.54, 1.807) is 17.8 Å². The van der Waals surface area contributed by atoms with Crippen molar-refractivity contribution >= 4 is 27.7 Å². The largest absolute Gasteiger partial charge is 0.494 e. The summed E-state index contributed by atoms with van der Waals surface area (Å²) in [4.78, 5) is 17.5. The van der Waals surface area contributed by atoms with E-state index < -0.39 is 36.5 Å². The first kappa shape index (κ1) is 30.0. The number of hydrogen-bond acceptors (Lipinski definition) is 6. The second kappa shape index (κ2) is 10.7. The molecule has 46 heavy (non-hydrogen) atoms. The second-order valence-corrected chi connectivity index (χ2v) is 11.8. The number of aromatic nitrogens is 4. The van der Waals surface area contributed by atoms with E-state index in [-0.39, 0.29) is 46.8 Å². The Bertz CT molecular complexity index is 2000. The van der Waals surface area contributed by atoms with Crippen LogP contribution in [0.3, 0.4) is 0 Å². The molecule has 2 atom stereocenters. The van der Waals surface area contributed by atoms with Crippen LogP contribution in [0.5, 0.6) is 11.5 Å². The number of nitrogens with zero attached hydrogens (tertiary/aromatic N) is 4. The van der Waals surface area contributed by atoms with Gasteiger partial charge in [0.1, 0.15) is 22.7 Å². The first-order valence-electron chi connectivity index (χ1n) is 14.6. The van der Waals surface area contributed by atoms with E-state index in [9.17, 15) is 31.9 Å². The van der Waals surface area contributed by atoms with Gasteiger partial charge >= 0.3 is 12.7 Å². The van der Waals surface area contributed by atoms with Crippen molar-refractivity contribution in [3.05, 3.63) is 71.7 Å². The average Bonchev–Trinajstić information content (AvgIpc) is 3.46. The molecular weight excluding hydrogens is 613 g/mol. The third kappa shape index (κ3) is 4.91. The van der Waals surface area contributed by atoms with Gasteiger partial charge in [-0.1, -0.05) is 13.0 Å². The molecule has 14 heteroatoms. The Hall–Kier alpha value is -4.72. The van der Waals surface area contributed by atoms with Gasteiger partial charge in [-0.3, -0.25) is 14.0 Å². The summed E-state index contributed by atoms with van der Waals surface area (Å²) in [6, 6.07) is 10.2. The van der Waals surface area contributed by atoms with E-state index in [0.717, 1.165) is 23.5 Å². The van der Waals surface area contributed by atoms with Crippen LogP contribution in [0, 0.1) is 0 Å². The highest BCUT2D eigenvalue weighted by molar-refractivity contribution is 6.00. The molecule has 0 bridgehead atoms. The van der Waals surface area contributed by atoms with E-state index in [1.807, 2.05) is 0 Å². The fourth-order valence-corrected chi connectivity index (χ4v) is 5.84. The molecule has 3 aromatic heterocycles. The fourth-order valence-electron chi connectivity index (χ4n) is 5.84. The lowest BCUT2D eigenvalue weighted by Crippen LogP contribution is -2.51. The normalized spacial score (nSPS) is 17.7. The molecule has 4 heterocycles. The van der Waals surface area contributed by atoms with Gasteiger partial charge in [-0.2, -0.15) is 27.1 Å². The maximum atomic E-state index is 14.7. The quantitative estimate of drug-likeness (QED) is 0.189. The van der Waals surface area contributed by atoms with Crippen LogP contribution in [0.15, 0.2) is 54.9 Å². The summed E-state index contributed by atoms with van der Waals surface area (Å²) in [5.74, 6) is -0.673. The zero-order valence-electron chi connectivity index (χ0n) is 24.6. The van der Waals surface area contributed by atoms with E-state index in [1.165, 1.54) is 49.7 Å². The number of carbonyl (C=O) groups is 1. The number of ether oxygens (including phenoxy) is 2. The van der Waals surface area contributed by atoms with Gasteiger partial charge in [-0.15, -0.1) is 0 Å². The third-order valence-corrected chi connectivity index (χ3v) is 8.61. The number of benzene rings is 2. The number of pyridine rings is 1. The summed E-state index contributed by atoms with van der Waals surface area (Å²) in [6.45, 7) is -2.10. The lowest BCUT2D eigenvalue weighted by molar-refractivity contribution is -0.265. The van der Waals surface area contributed by atoms with E-state index in [0.29, 0.717) is 27.4 Å². The second-order valence-electron chi connectivity index (χ2n) is 11.8. The third-order valence-electron chi connectivity index (χ3n) is 8.61. The highest BCUT2D eigenvalue weighted by Crippen LogP contribution is 2.46. The van der Waals surface area contributed by atoms with Crippen LogP contribution in [-0.4, -0.2) is 56.8 Å². The average molecular weight is 642 g/mol. The summed E-state index contributed by atoms with van der Waals surface area (Å²) in [7, 11) is 1.41. The number of alkyl halides is 5. The summed E-state index contributed by atoms with van der Waals surface area (Å²) >= 11 is 0. The van der Waals surface area contributed by atoms with Gasteiger partial charge in [0.05, 0.1) is 37.5 Å². The molecule has 2 aromatic carbocycles. The molecule has 1 aliphatic heterocycles. The number of carbonyl (C=O) groups excluding carboxylic acids is 1. The van der Waals surface area contributed by atoms with Gasteiger partial charge in [0.15, 0.2) is 0 Å². The summed E-state index contributed by atoms with van der Waals surface area (Å²) in [5, 5.41) is 19.1. The number of amides is 1. The van der Waals surface area contributed by atoms with Crippen molar-refractivity contribution in [3.8, 4) is 22.8 Å². The van der Waals surface area contributed by atoms with Crippen molar-refractivity contribution in [2.75, 3.05) is 20.3 Å². The van der Waals surface area contributed by atoms with Gasteiger partial charge in [0.2, 0.25) is 5.60 Å². The van der Waals surface area contributed by atoms with Crippen LogP contribution < -0.4 is 14.8 Å². The van der Waals surface area contributed by atoms with E-state index in [4.69, 9.17) is 9.47 Å². The Kier molecular flexibility index (Phi) is 6.96. The Balaban J connectivity index is 1.25. The zero-order chi connectivity index (χ0) is 32.5. The fraction of sp³-hybridized carbons (Fsp3) is 0.344. The molecule has 0 radical (unpaired) electrons. The van der Waals surface area contributed by atoms with Crippen molar-refractivity contribution < 1.29 is 41.3 Å². The number of hydrogen-bond donors (Lipinski definition) is 2. The van der Waals surface area contributed by atoms with E-state index in [2.05, 4.69) is 15.4 Å². The van der Waals surface area contributed by atoms with E-state index >= 15 is 0 Å². The van der Waals surface area contributed by atoms with Gasteiger partial charge in [0.25, 0.3) is 5.91 Å². The Morgan fingerprint density at radius 1 is 1.15 bits per heavy atom. The van der Waals surface area contributed by atoms with Crippen molar-refractivity contribution in [1.29, 1.82) is 0 Å². The van der Waals surface area contributed by atoms with Gasteiger partial charge < -0.3 is 19.9 Å². The molecule has 1 fully saturated rings. The zero-order valence-corrected chi connectivity index (χ0v) is 24.6. The van der Waals surface area contributed by atoms with Crippen LogP contribution in [0.1, 0.15) is 59.9 Å². The molecule has 1 saturated carbocycles. The van der Waals surface area contributed by atoms with Crippen LogP contribution in [-0.2, 0) is 5.60 Å². The molecule has 240 valence electrons. The maximum absolute atomic E-state index is 14.7. The first-order chi connectivity index (χ1) is 21.9. The highest BCUT2D eigenvalue weighted by atomic mass is 19.4. The van der Waals surface area contributed by atoms with Gasteiger partial charge in [-0.25, -0.2) is 4.98 Å². The first-order valence-corrected chi connectivity index (χ1v) is 14.6. The lowest BCUT2D eigenvalue weighted by Gasteiger charge is -2.31. The molecule has 9 nitrogen and oxygen atoms in total. The maximum Gasteiger partial charge on any atom is 0.424 e. The molecule has 7 rings (SSSR count). The predicted molar refractivity (Wildman–Crippen MR) is 157 cm³/mol. The highest BCUT2D eigenvalue weighted by Gasteiger charge is 2.57. The number of rotatable bonds is 8. The smallest absolute Gasteiger partial charge is 0.424 e. The van der Waals surface area contributed by atoms with Crippen molar-refractivity contribution in [2.45, 2.75) is 50.1 Å². The summed E-state index contributed by atoms with van der Waals surface area (Å²) < 4.78 is 84.8. The van der Waals surface area contributed by atoms with Gasteiger partial charge in [0, 0.05) is 45.8 Å². The Morgan fingerprint density at radius 3 is 2.63 bits per heavy atom. The summed E-state index contributed by atoms with van der Waals surface area (Å²) in [6.07, 6.45) is -0.332. The monoisotopic (exact) mass is 641 g/mol. The summed E-state index contributed by atoms with van der Waals surface area (Å²) in [5.41, 5.74) is -2.84. The minimum Gasteiger partial charge on any atom is -0.494 e. The molecular formula is C32H28F5N5O4. The molecule has 1 aliphatic carbocycles. The van der Waals surface area contributed by atoms with Crippen molar-refractivity contribution in [2.24, 2.45) is 0 Å². The number of fused-ring (bicyclic) bond motifs is 3. The number of aliphatic hydroxyl groups is 1. The molecule has 0 unspecified atom stereocenters. The SMILES string of the molecule is COc1cc(C(=O)NC[C@](O)(c2cc3c(c(-c4ccc5c(ccn5C(F)F)c4)n2)OC[C@H]3C)C(F)(F)F)cc2cn(C3CC3)nc12. The molecule has 5 aromatic rings. The van der Waals surface area contributed by atoms with Crippen molar-refractivity contribution in [3.63, 3.8) is 0 Å². The Labute approximate surface area is 258 Å².